The van der Waals surface area contributed by atoms with Crippen molar-refractivity contribution < 1.29 is 20.8 Å². The molecule has 4 saturated carbocycles. The second kappa shape index (κ2) is 30.3. The Morgan fingerprint density at radius 3 is 1.11 bits per heavy atom. The summed E-state index contributed by atoms with van der Waals surface area (Å²) in [5, 5.41) is 12.9. The van der Waals surface area contributed by atoms with Crippen molar-refractivity contribution in [1.29, 1.82) is 0 Å². The first-order chi connectivity index (χ1) is 42.0. The molecule has 0 bridgehead atoms. The van der Waals surface area contributed by atoms with Crippen molar-refractivity contribution in [3.05, 3.63) is 278 Å². The number of hydrogen-bond acceptors (Lipinski definition) is 4. The van der Waals surface area contributed by atoms with Gasteiger partial charge < -0.3 is 14.9 Å². The molecule has 0 aromatic heterocycles. The van der Waals surface area contributed by atoms with Gasteiger partial charge in [0, 0.05) is 60.4 Å². The number of benzene rings is 10. The topological polar surface area (TPSA) is 0 Å². The van der Waals surface area contributed by atoms with E-state index in [9.17, 15) is 0 Å². The van der Waals surface area contributed by atoms with Gasteiger partial charge >= 0.3 is 37.9 Å². The Labute approximate surface area is 560 Å². The maximum absolute atomic E-state index is 4.93. The molecular weight excluding hydrogens is 1290 g/mol. The van der Waals surface area contributed by atoms with Crippen molar-refractivity contribution >= 4 is 135 Å². The van der Waals surface area contributed by atoms with Gasteiger partial charge in [-0.15, -0.1) is 0 Å². The van der Waals surface area contributed by atoms with Gasteiger partial charge in [0.25, 0.3) is 0 Å². The van der Waals surface area contributed by atoms with Gasteiger partial charge in [-0.2, -0.15) is 11.8 Å². The number of allylic oxidation sites excluding steroid dienone is 2. The van der Waals surface area contributed by atoms with Gasteiger partial charge in [-0.1, -0.05) is 231 Å². The molecular formula is C78H74Cl2S6Zr. The largest absolute Gasteiger partial charge is 0.155 e. The summed E-state index contributed by atoms with van der Waals surface area (Å²) in [5.41, 5.74) is 14.3. The smallest absolute Gasteiger partial charge is 0.00810 e. The third-order valence-electron chi connectivity index (χ3n) is 19.8. The Bertz CT molecular complexity index is 3930. The third-order valence-corrected chi connectivity index (χ3v) is 25.1. The van der Waals surface area contributed by atoms with Crippen LogP contribution < -0.4 is 0 Å². The Hall–Kier alpha value is -4.24. The first-order valence-corrected chi connectivity index (χ1v) is 42.6. The molecule has 87 heavy (non-hydrogen) atoms. The molecule has 0 nitrogen and oxygen atoms in total. The second-order valence-electron chi connectivity index (χ2n) is 23.8. The fraction of sp³-hybridized carbons (Fsp3) is 0.256. The first kappa shape index (κ1) is 64.3. The molecule has 9 heteroatoms. The molecule has 6 aliphatic carbocycles. The maximum Gasteiger partial charge on any atom is 0.00810 e. The van der Waals surface area contributed by atoms with Crippen molar-refractivity contribution in [3.63, 3.8) is 0 Å². The molecule has 8 atom stereocenters. The molecule has 0 heterocycles. The zero-order valence-electron chi connectivity index (χ0n) is 49.6. The monoisotopic (exact) mass is 1360 g/mol. The van der Waals surface area contributed by atoms with Crippen LogP contribution in [-0.4, -0.2) is 10.5 Å². The summed E-state index contributed by atoms with van der Waals surface area (Å²) in [6.07, 6.45) is 21.2. The quantitative estimate of drug-likeness (QED) is 0.139. The minimum Gasteiger partial charge on any atom is -0.155 e. The van der Waals surface area contributed by atoms with Gasteiger partial charge in [-0.05, 0) is 211 Å². The molecule has 0 aliphatic heterocycles. The number of fused-ring (bicyclic) bond motifs is 8. The van der Waals surface area contributed by atoms with Crippen molar-refractivity contribution in [2.45, 2.75) is 109 Å². The Kier molecular flexibility index (Phi) is 22.4. The van der Waals surface area contributed by atoms with E-state index in [0.29, 0.717) is 0 Å². The van der Waals surface area contributed by atoms with Crippen LogP contribution in [0.15, 0.2) is 228 Å². The standard InChI is InChI=1S/C38H42S.C38H26S.2CH3.2ClH.S4.Zr/c2*1-3-13-27-25(9-1)11-5-15-29(27)33-21-23-35-31(33)17-7-19-37(35)39-38-20-8-18-32-34(22-24-36(32)38)30-16-6-12-26-10-2-4-14-28(26)30;;;;;1-3-4-2;/h1-6,9-16,31-38H,7-8,17-24H2;1-22H,23-24H2;2*1H3;2*1H;;/q;;2*-1;;;;+4/p-2. The molecule has 16 rings (SSSR count). The molecule has 0 amide bonds. The Morgan fingerprint density at radius 2 is 0.701 bits per heavy atom. The van der Waals surface area contributed by atoms with Crippen molar-refractivity contribution in [2.24, 2.45) is 23.7 Å². The minimum absolute atomic E-state index is 0. The van der Waals surface area contributed by atoms with Crippen molar-refractivity contribution in [3.8, 4) is 0 Å². The predicted molar refractivity (Wildman–Crippen MR) is 389 cm³/mol. The molecule has 0 radical (unpaired) electrons. The van der Waals surface area contributed by atoms with Crippen molar-refractivity contribution in [1.82, 2.24) is 0 Å². The summed E-state index contributed by atoms with van der Waals surface area (Å²) in [5.74, 6) is 5.20. The molecule has 0 saturated heterocycles. The zero-order chi connectivity index (χ0) is 57.6. The number of hydrogen-bond donors (Lipinski definition) is 0. The Morgan fingerprint density at radius 1 is 0.356 bits per heavy atom. The van der Waals surface area contributed by atoms with Gasteiger partial charge in [-0.3, -0.25) is 0 Å². The van der Waals surface area contributed by atoms with E-state index in [4.69, 9.17) is 17.0 Å². The van der Waals surface area contributed by atoms with Crippen LogP contribution in [0.3, 0.4) is 0 Å². The fourth-order valence-electron chi connectivity index (χ4n) is 16.4. The van der Waals surface area contributed by atoms with Crippen LogP contribution >= 0.6 is 40.5 Å². The average Bonchev–Trinajstić information content (AvgIpc) is 2.85. The van der Waals surface area contributed by atoms with Crippen LogP contribution in [0.25, 0.3) is 54.2 Å². The molecule has 0 N–H and O–H groups in total. The summed E-state index contributed by atoms with van der Waals surface area (Å²) in [6.45, 7) is 0. The van der Waals surface area contributed by atoms with E-state index in [-0.39, 0.29) is 14.9 Å². The molecule has 4 fully saturated rings. The van der Waals surface area contributed by atoms with E-state index in [2.05, 4.69) is 253 Å². The van der Waals surface area contributed by atoms with Gasteiger partial charge in [0.1, 0.15) is 0 Å². The average molecular weight is 1370 g/mol. The fourth-order valence-corrected chi connectivity index (χ4v) is 19.7. The number of rotatable bonds is 8. The van der Waals surface area contributed by atoms with Crippen LogP contribution in [0, 0.1) is 38.5 Å². The van der Waals surface area contributed by atoms with Crippen LogP contribution in [-0.2, 0) is 73.8 Å². The minimum atomic E-state index is -0.826. The van der Waals surface area contributed by atoms with Crippen molar-refractivity contribution in [2.75, 3.05) is 0 Å². The number of halogens is 2. The SMILES string of the molecule is C1=C(c2cccc3ccccc23)c2cccc(Sc3cccc4c3CC=C4c3cccc4ccccc34)c2C1.S=S=S=S.[CH3-].[CH3-].[Cl][Zr+2][Cl].c1ccc2c(C3CCC4C(SC5CCCC6C(c7cccc8ccccc78)CCC56)CCCC34)cccc2c1. The van der Waals surface area contributed by atoms with Gasteiger partial charge in [0.2, 0.25) is 0 Å². The van der Waals surface area contributed by atoms with E-state index in [1.165, 1.54) is 179 Å². The predicted octanol–water partition coefficient (Wildman–Crippen LogP) is 23.1. The molecule has 10 aromatic carbocycles. The number of thioether (sulfide) groups is 1. The molecule has 10 aromatic rings. The summed E-state index contributed by atoms with van der Waals surface area (Å²) in [6, 6.07) is 76.8. The Balaban J connectivity index is 0.000000160. The van der Waals surface area contributed by atoms with E-state index < -0.39 is 20.8 Å². The van der Waals surface area contributed by atoms with Gasteiger partial charge in [0.15, 0.2) is 0 Å². The van der Waals surface area contributed by atoms with E-state index in [0.717, 1.165) is 58.8 Å². The summed E-state index contributed by atoms with van der Waals surface area (Å²) in [4.78, 5) is 2.73. The molecule has 8 unspecified atom stereocenters. The van der Waals surface area contributed by atoms with E-state index >= 15 is 0 Å². The van der Waals surface area contributed by atoms with Gasteiger partial charge in [-0.25, -0.2) is 0 Å². The normalized spacial score (nSPS) is 21.9. The van der Waals surface area contributed by atoms with E-state index in [1.54, 1.807) is 11.1 Å². The first-order valence-electron chi connectivity index (χ1n) is 30.5. The summed E-state index contributed by atoms with van der Waals surface area (Å²) >= 11 is 12.3. The molecule has 6 aliphatic rings. The molecule has 440 valence electrons. The zero-order valence-corrected chi connectivity index (χ0v) is 58.5. The summed E-state index contributed by atoms with van der Waals surface area (Å²) < 4.78 is 0. The van der Waals surface area contributed by atoms with Crippen LogP contribution in [0.4, 0.5) is 0 Å². The van der Waals surface area contributed by atoms with Crippen LogP contribution in [0.2, 0.25) is 0 Å². The third kappa shape index (κ3) is 13.4. The second-order valence-corrected chi connectivity index (χ2v) is 33.6. The van der Waals surface area contributed by atoms with Crippen LogP contribution in [0.5, 0.6) is 0 Å². The molecule has 0 spiro atoms. The van der Waals surface area contributed by atoms with Crippen LogP contribution in [0.1, 0.15) is 121 Å². The van der Waals surface area contributed by atoms with E-state index in [1.807, 2.05) is 11.8 Å². The van der Waals surface area contributed by atoms with Gasteiger partial charge in [0.05, 0.1) is 0 Å². The maximum atomic E-state index is 4.93. The summed E-state index contributed by atoms with van der Waals surface area (Å²) in [7, 11) is 12.2.